The second-order valence-electron chi connectivity index (χ2n) is 13.1. The van der Waals surface area contributed by atoms with Crippen molar-refractivity contribution < 1.29 is 45.0 Å². The minimum atomic E-state index is -3.48. The van der Waals surface area contributed by atoms with Crippen molar-refractivity contribution in [2.75, 3.05) is 38.9 Å². The van der Waals surface area contributed by atoms with Gasteiger partial charge in [0.2, 0.25) is 0 Å². The minimum Gasteiger partial charge on any atom is -0.396 e. The number of rotatable bonds is 24. The quantitative estimate of drug-likeness (QED) is 0.0519. The molecule has 10 nitrogen and oxygen atoms in total. The first kappa shape index (κ1) is 48.8. The summed E-state index contributed by atoms with van der Waals surface area (Å²) >= 11 is 0. The Morgan fingerprint density at radius 2 is 0.870 bits per heavy atom. The van der Waals surface area contributed by atoms with Crippen LogP contribution in [-0.2, 0) is 41.4 Å². The Kier molecular flexibility index (Phi) is 25.5. The van der Waals surface area contributed by atoms with Crippen LogP contribution in [0.4, 0.5) is 0 Å². The molecular weight excluding hydrogens is 729 g/mol. The monoisotopic (exact) mass is 790 g/mol. The van der Waals surface area contributed by atoms with Crippen molar-refractivity contribution in [1.82, 2.24) is 0 Å². The average Bonchev–Trinajstić information content (AvgIpc) is 3.15. The fraction of sp³-hybridized carbons (Fsp3) is 0.524. The molecule has 3 aromatic carbocycles. The smallest absolute Gasteiger partial charge is 0.264 e. The largest absolute Gasteiger partial charge is 0.396 e. The van der Waals surface area contributed by atoms with Gasteiger partial charge in [0, 0.05) is 35.5 Å². The molecule has 0 bridgehead atoms. The van der Waals surface area contributed by atoms with E-state index in [0.29, 0.717) is 61.2 Å². The lowest BCUT2D eigenvalue weighted by Gasteiger charge is -2.16. The third-order valence-electron chi connectivity index (χ3n) is 8.20. The highest BCUT2D eigenvalue weighted by atomic mass is 32.2. The van der Waals surface area contributed by atoms with Crippen molar-refractivity contribution in [3.05, 3.63) is 106 Å². The van der Waals surface area contributed by atoms with E-state index in [9.17, 15) is 26.4 Å². The molecule has 0 saturated carbocycles. The Morgan fingerprint density at radius 1 is 0.519 bits per heavy atom. The normalized spacial score (nSPS) is 11.2. The molecule has 0 amide bonds. The summed E-state index contributed by atoms with van der Waals surface area (Å²) in [7, 11) is -6.97. The number of benzene rings is 3. The summed E-state index contributed by atoms with van der Waals surface area (Å²) in [5, 5.41) is 16.4. The van der Waals surface area contributed by atoms with Gasteiger partial charge < -0.3 is 10.2 Å². The highest BCUT2D eigenvalue weighted by Gasteiger charge is 2.22. The van der Waals surface area contributed by atoms with Gasteiger partial charge in [-0.2, -0.15) is 16.8 Å². The first-order valence-electron chi connectivity index (χ1n) is 19.0. The zero-order chi connectivity index (χ0) is 40.2. The summed E-state index contributed by atoms with van der Waals surface area (Å²) < 4.78 is 54.6. The van der Waals surface area contributed by atoms with Gasteiger partial charge in [0.05, 0.1) is 25.7 Å². The van der Waals surface area contributed by atoms with Crippen LogP contribution in [0.15, 0.2) is 72.8 Å². The third kappa shape index (κ3) is 22.2. The molecule has 0 atom stereocenters. The van der Waals surface area contributed by atoms with Gasteiger partial charge in [-0.15, -0.1) is 0 Å². The van der Waals surface area contributed by atoms with Gasteiger partial charge in [-0.05, 0) is 74.6 Å². The number of aryl methyl sites for hydroxylation is 2. The predicted molar refractivity (Wildman–Crippen MR) is 216 cm³/mol. The van der Waals surface area contributed by atoms with Crippen LogP contribution in [0.1, 0.15) is 134 Å². The molecule has 54 heavy (non-hydrogen) atoms. The van der Waals surface area contributed by atoms with E-state index in [1.807, 2.05) is 24.3 Å². The van der Waals surface area contributed by atoms with E-state index >= 15 is 0 Å². The van der Waals surface area contributed by atoms with Crippen molar-refractivity contribution in [3.63, 3.8) is 0 Å². The number of ketones is 2. The highest BCUT2D eigenvalue weighted by molar-refractivity contribution is 7.86. The van der Waals surface area contributed by atoms with E-state index in [4.69, 9.17) is 18.6 Å². The first-order valence-corrected chi connectivity index (χ1v) is 22.7. The minimum absolute atomic E-state index is 0.115. The maximum absolute atomic E-state index is 13.7. The van der Waals surface area contributed by atoms with Crippen LogP contribution in [0, 0.1) is 0 Å². The molecule has 3 rings (SSSR count). The SMILES string of the molecule is CCCCCO.CCCCCO.CS(=O)(=O)OCCCCCc1cc(C(=O)c2ccccc2)c(C(=O)c2ccccc2)cc1CCCCCOS(C)(=O)=O. The molecule has 0 heterocycles. The van der Waals surface area contributed by atoms with Crippen LogP contribution in [0.25, 0.3) is 0 Å². The summed E-state index contributed by atoms with van der Waals surface area (Å²) in [6.45, 7) is 5.18. The van der Waals surface area contributed by atoms with Crippen molar-refractivity contribution in [1.29, 1.82) is 0 Å². The molecule has 0 aliphatic heterocycles. The lowest BCUT2D eigenvalue weighted by atomic mass is 9.86. The van der Waals surface area contributed by atoms with Gasteiger partial charge in [0.1, 0.15) is 0 Å². The Morgan fingerprint density at radius 3 is 1.15 bits per heavy atom. The Hall–Kier alpha value is -3.26. The molecule has 0 saturated heterocycles. The Balaban J connectivity index is 0.00000105. The van der Waals surface area contributed by atoms with Crippen LogP contribution in [0.2, 0.25) is 0 Å². The first-order chi connectivity index (χ1) is 25.8. The van der Waals surface area contributed by atoms with Crippen LogP contribution in [0.3, 0.4) is 0 Å². The van der Waals surface area contributed by atoms with E-state index < -0.39 is 20.2 Å². The number of carbonyl (C=O) groups is 2. The molecule has 0 aromatic heterocycles. The van der Waals surface area contributed by atoms with Gasteiger partial charge >= 0.3 is 0 Å². The van der Waals surface area contributed by atoms with Gasteiger partial charge in [-0.3, -0.25) is 18.0 Å². The zero-order valence-corrected chi connectivity index (χ0v) is 34.3. The zero-order valence-electron chi connectivity index (χ0n) is 32.6. The lowest BCUT2D eigenvalue weighted by molar-refractivity contribution is 0.100. The molecule has 302 valence electrons. The van der Waals surface area contributed by atoms with Gasteiger partial charge in [0.25, 0.3) is 20.2 Å². The molecular formula is C42H62O10S2. The third-order valence-corrected chi connectivity index (χ3v) is 9.39. The van der Waals surface area contributed by atoms with E-state index in [2.05, 4.69) is 13.8 Å². The molecule has 0 unspecified atom stereocenters. The maximum atomic E-state index is 13.7. The molecule has 0 spiro atoms. The van der Waals surface area contributed by atoms with E-state index in [0.717, 1.165) is 75.0 Å². The van der Waals surface area contributed by atoms with Crippen molar-refractivity contribution in [2.45, 2.75) is 104 Å². The average molecular weight is 791 g/mol. The predicted octanol–water partition coefficient (Wildman–Crippen LogP) is 7.86. The van der Waals surface area contributed by atoms with Crippen LogP contribution in [0.5, 0.6) is 0 Å². The standard InChI is InChI=1S/C32H38O8S2.2C5H12O/c1-41(35,36)39-21-13-5-11-19-27-23-29(31(33)25-15-7-3-8-16-25)30(32(34)26-17-9-4-10-18-26)24-28(27)20-12-6-14-22-40-42(2,37)38;2*1-2-3-4-5-6/h3-4,7-10,15-18,23-24H,5-6,11-14,19-22H2,1-2H3;2*6H,2-5H2,1H3. The lowest BCUT2D eigenvalue weighted by Crippen LogP contribution is -2.14. The van der Waals surface area contributed by atoms with Crippen LogP contribution < -0.4 is 0 Å². The molecule has 0 radical (unpaired) electrons. The van der Waals surface area contributed by atoms with Crippen LogP contribution in [-0.4, -0.2) is 77.6 Å². The summed E-state index contributed by atoms with van der Waals surface area (Å²) in [6, 6.07) is 21.4. The molecule has 0 fully saturated rings. The molecule has 0 aliphatic carbocycles. The van der Waals surface area contributed by atoms with Gasteiger partial charge in [-0.25, -0.2) is 0 Å². The summed E-state index contributed by atoms with van der Waals surface area (Å²) in [6.07, 6.45) is 14.1. The topological polar surface area (TPSA) is 161 Å². The highest BCUT2D eigenvalue weighted by Crippen LogP contribution is 2.26. The number of hydrogen-bond acceptors (Lipinski definition) is 10. The fourth-order valence-electron chi connectivity index (χ4n) is 5.35. The Bertz CT molecular complexity index is 1560. The van der Waals surface area contributed by atoms with E-state index in [1.54, 1.807) is 48.5 Å². The van der Waals surface area contributed by atoms with Crippen molar-refractivity contribution in [2.24, 2.45) is 0 Å². The summed E-state index contributed by atoms with van der Waals surface area (Å²) in [5.74, 6) is -0.468. The van der Waals surface area contributed by atoms with Crippen molar-refractivity contribution >= 4 is 31.8 Å². The van der Waals surface area contributed by atoms with Gasteiger partial charge in [-0.1, -0.05) is 113 Å². The second kappa shape index (κ2) is 28.2. The maximum Gasteiger partial charge on any atom is 0.264 e. The summed E-state index contributed by atoms with van der Waals surface area (Å²) in [4.78, 5) is 27.4. The molecule has 0 aliphatic rings. The van der Waals surface area contributed by atoms with Gasteiger partial charge in [0.15, 0.2) is 11.6 Å². The van der Waals surface area contributed by atoms with E-state index in [-0.39, 0.29) is 24.8 Å². The second-order valence-corrected chi connectivity index (χ2v) is 16.4. The number of aliphatic hydroxyl groups is 2. The number of hydrogen-bond donors (Lipinski definition) is 2. The number of unbranched alkanes of at least 4 members (excludes halogenated alkanes) is 8. The fourth-order valence-corrected chi connectivity index (χ4v) is 6.19. The summed E-state index contributed by atoms with van der Waals surface area (Å²) in [5.41, 5.74) is 3.57. The number of aliphatic hydroxyl groups excluding tert-OH is 2. The Labute approximate surface area is 324 Å². The molecule has 3 aromatic rings. The van der Waals surface area contributed by atoms with Crippen molar-refractivity contribution in [3.8, 4) is 0 Å². The molecule has 12 heteroatoms. The van der Waals surface area contributed by atoms with E-state index in [1.165, 1.54) is 12.8 Å². The molecule has 2 N–H and O–H groups in total. The van der Waals surface area contributed by atoms with Crippen LogP contribution >= 0.6 is 0 Å². The number of carbonyl (C=O) groups excluding carboxylic acids is 2.